The Morgan fingerprint density at radius 2 is 2.00 bits per heavy atom. The first-order valence-electron chi connectivity index (χ1n) is 7.42. The van der Waals surface area contributed by atoms with Crippen LogP contribution in [-0.4, -0.2) is 36.1 Å². The number of rotatable bonds is 8. The highest BCUT2D eigenvalue weighted by atomic mass is 32.2. The minimum atomic E-state index is 0.496. The van der Waals surface area contributed by atoms with E-state index in [1.54, 1.807) is 0 Å². The van der Waals surface area contributed by atoms with Crippen molar-refractivity contribution in [3.05, 3.63) is 23.4 Å². The largest absolute Gasteiger partial charge is 0.356 e. The lowest BCUT2D eigenvalue weighted by atomic mass is 10.1. The van der Waals surface area contributed by atoms with Gasteiger partial charge in [0.15, 0.2) is 0 Å². The molecule has 1 aromatic heterocycles. The molecule has 4 heteroatoms. The molecule has 1 atom stereocenters. The first-order chi connectivity index (χ1) is 9.47. The van der Waals surface area contributed by atoms with Crippen LogP contribution < -0.4 is 10.2 Å². The standard InChI is InChI=1S/C16H29N3S/c1-7-15-8-14(10-17-12(2)3)9-16(18-15)19(5)13(4)11-20-6/h8-9,12-13,17H,7,10-11H2,1-6H3. The molecule has 1 aromatic rings. The average Bonchev–Trinajstić information content (AvgIpc) is 2.44. The number of anilines is 1. The summed E-state index contributed by atoms with van der Waals surface area (Å²) in [7, 11) is 2.14. The van der Waals surface area contributed by atoms with Gasteiger partial charge in [0.2, 0.25) is 0 Å². The zero-order valence-electron chi connectivity index (χ0n) is 13.7. The highest BCUT2D eigenvalue weighted by Gasteiger charge is 2.12. The molecule has 0 aromatic carbocycles. The molecule has 0 aliphatic heterocycles. The summed E-state index contributed by atoms with van der Waals surface area (Å²) < 4.78 is 0. The van der Waals surface area contributed by atoms with Crippen molar-refractivity contribution >= 4 is 17.6 Å². The Kier molecular flexibility index (Phi) is 7.38. The van der Waals surface area contributed by atoms with Gasteiger partial charge in [-0.05, 0) is 37.3 Å². The Morgan fingerprint density at radius 1 is 1.30 bits per heavy atom. The van der Waals surface area contributed by atoms with Crippen LogP contribution in [0.3, 0.4) is 0 Å². The van der Waals surface area contributed by atoms with E-state index in [9.17, 15) is 0 Å². The van der Waals surface area contributed by atoms with Gasteiger partial charge in [-0.25, -0.2) is 4.98 Å². The van der Waals surface area contributed by atoms with E-state index in [1.165, 1.54) is 11.3 Å². The van der Waals surface area contributed by atoms with Crippen LogP contribution in [0.4, 0.5) is 5.82 Å². The van der Waals surface area contributed by atoms with Crippen LogP contribution in [0.5, 0.6) is 0 Å². The molecule has 0 saturated carbocycles. The highest BCUT2D eigenvalue weighted by Crippen LogP contribution is 2.18. The van der Waals surface area contributed by atoms with Crippen LogP contribution in [0.15, 0.2) is 12.1 Å². The average molecular weight is 295 g/mol. The molecular weight excluding hydrogens is 266 g/mol. The van der Waals surface area contributed by atoms with Gasteiger partial charge in [-0.2, -0.15) is 11.8 Å². The van der Waals surface area contributed by atoms with Gasteiger partial charge in [-0.3, -0.25) is 0 Å². The lowest BCUT2D eigenvalue weighted by molar-refractivity contribution is 0.588. The molecular formula is C16H29N3S. The van der Waals surface area contributed by atoms with Crippen LogP contribution in [0.25, 0.3) is 0 Å². The second-order valence-corrected chi connectivity index (χ2v) is 6.54. The number of hydrogen-bond acceptors (Lipinski definition) is 4. The number of nitrogens with zero attached hydrogens (tertiary/aromatic N) is 2. The molecule has 1 N–H and O–H groups in total. The molecule has 1 rings (SSSR count). The fourth-order valence-corrected chi connectivity index (χ4v) is 2.70. The number of aryl methyl sites for hydroxylation is 1. The Morgan fingerprint density at radius 3 is 2.55 bits per heavy atom. The van der Waals surface area contributed by atoms with E-state index in [0.717, 1.165) is 24.5 Å². The predicted molar refractivity (Wildman–Crippen MR) is 91.8 cm³/mol. The van der Waals surface area contributed by atoms with Crippen LogP contribution in [-0.2, 0) is 13.0 Å². The highest BCUT2D eigenvalue weighted by molar-refractivity contribution is 7.98. The van der Waals surface area contributed by atoms with E-state index in [2.05, 4.69) is 63.3 Å². The number of aromatic nitrogens is 1. The smallest absolute Gasteiger partial charge is 0.129 e. The summed E-state index contributed by atoms with van der Waals surface area (Å²) in [5.74, 6) is 2.21. The Bertz CT molecular complexity index is 407. The van der Waals surface area contributed by atoms with E-state index in [0.29, 0.717) is 12.1 Å². The Balaban J connectivity index is 2.91. The van der Waals surface area contributed by atoms with Gasteiger partial charge >= 0.3 is 0 Å². The fourth-order valence-electron chi connectivity index (χ4n) is 2.00. The first kappa shape index (κ1) is 17.3. The predicted octanol–water partition coefficient (Wildman–Crippen LogP) is 3.33. The first-order valence-corrected chi connectivity index (χ1v) is 8.82. The van der Waals surface area contributed by atoms with Gasteiger partial charge in [0.1, 0.15) is 5.82 Å². The lowest BCUT2D eigenvalue weighted by Gasteiger charge is -2.26. The summed E-state index contributed by atoms with van der Waals surface area (Å²) in [6, 6.07) is 5.43. The summed E-state index contributed by atoms with van der Waals surface area (Å²) in [6.07, 6.45) is 3.13. The molecule has 0 amide bonds. The number of hydrogen-bond donors (Lipinski definition) is 1. The summed E-state index contributed by atoms with van der Waals surface area (Å²) in [6.45, 7) is 9.68. The van der Waals surface area contributed by atoms with E-state index in [-0.39, 0.29) is 0 Å². The van der Waals surface area contributed by atoms with Gasteiger partial charge in [0, 0.05) is 37.1 Å². The zero-order valence-corrected chi connectivity index (χ0v) is 14.5. The van der Waals surface area contributed by atoms with Gasteiger partial charge in [0.05, 0.1) is 0 Å². The van der Waals surface area contributed by atoms with Crippen molar-refractivity contribution in [2.45, 2.75) is 52.7 Å². The third-order valence-electron chi connectivity index (χ3n) is 3.43. The molecule has 0 spiro atoms. The third-order valence-corrected chi connectivity index (χ3v) is 4.25. The van der Waals surface area contributed by atoms with Gasteiger partial charge < -0.3 is 10.2 Å². The molecule has 114 valence electrons. The fraction of sp³-hybridized carbons (Fsp3) is 0.688. The van der Waals surface area contributed by atoms with Crippen LogP contribution >= 0.6 is 11.8 Å². The van der Waals surface area contributed by atoms with Crippen LogP contribution in [0, 0.1) is 0 Å². The van der Waals surface area contributed by atoms with Crippen molar-refractivity contribution in [2.24, 2.45) is 0 Å². The minimum Gasteiger partial charge on any atom is -0.356 e. The Hall–Kier alpha value is -0.740. The number of nitrogens with one attached hydrogen (secondary N) is 1. The van der Waals surface area contributed by atoms with Crippen molar-refractivity contribution in [1.82, 2.24) is 10.3 Å². The van der Waals surface area contributed by atoms with Crippen molar-refractivity contribution < 1.29 is 0 Å². The Labute approximate surface area is 128 Å². The third kappa shape index (κ3) is 5.33. The molecule has 0 saturated heterocycles. The summed E-state index contributed by atoms with van der Waals surface area (Å²) in [5, 5.41) is 3.48. The maximum absolute atomic E-state index is 4.77. The van der Waals surface area contributed by atoms with Crippen LogP contribution in [0.2, 0.25) is 0 Å². The van der Waals surface area contributed by atoms with E-state index < -0.39 is 0 Å². The summed E-state index contributed by atoms with van der Waals surface area (Å²) >= 11 is 1.88. The minimum absolute atomic E-state index is 0.496. The van der Waals surface area contributed by atoms with Crippen molar-refractivity contribution in [3.63, 3.8) is 0 Å². The topological polar surface area (TPSA) is 28.2 Å². The van der Waals surface area contributed by atoms with E-state index >= 15 is 0 Å². The molecule has 1 unspecified atom stereocenters. The molecule has 3 nitrogen and oxygen atoms in total. The summed E-state index contributed by atoms with van der Waals surface area (Å²) in [4.78, 5) is 7.06. The monoisotopic (exact) mass is 295 g/mol. The molecule has 0 fully saturated rings. The molecule has 1 heterocycles. The van der Waals surface area contributed by atoms with Crippen molar-refractivity contribution in [1.29, 1.82) is 0 Å². The maximum atomic E-state index is 4.77. The second kappa shape index (κ2) is 8.53. The maximum Gasteiger partial charge on any atom is 0.129 e. The second-order valence-electron chi connectivity index (χ2n) is 5.63. The molecule has 20 heavy (non-hydrogen) atoms. The van der Waals surface area contributed by atoms with Gasteiger partial charge in [0.25, 0.3) is 0 Å². The molecule has 0 aliphatic carbocycles. The number of thioether (sulfide) groups is 1. The van der Waals surface area contributed by atoms with E-state index in [1.807, 2.05) is 11.8 Å². The van der Waals surface area contributed by atoms with Gasteiger partial charge in [-0.15, -0.1) is 0 Å². The van der Waals surface area contributed by atoms with Crippen molar-refractivity contribution in [3.8, 4) is 0 Å². The SMILES string of the molecule is CCc1cc(CNC(C)C)cc(N(C)C(C)CSC)n1. The van der Waals surface area contributed by atoms with E-state index in [4.69, 9.17) is 4.98 Å². The zero-order chi connectivity index (χ0) is 15.1. The lowest BCUT2D eigenvalue weighted by Crippen LogP contribution is -2.32. The normalized spacial score (nSPS) is 12.8. The molecule has 0 bridgehead atoms. The molecule has 0 radical (unpaired) electrons. The summed E-state index contributed by atoms with van der Waals surface area (Å²) in [5.41, 5.74) is 2.50. The molecule has 0 aliphatic rings. The van der Waals surface area contributed by atoms with Crippen LogP contribution in [0.1, 0.15) is 39.0 Å². The van der Waals surface area contributed by atoms with Gasteiger partial charge in [-0.1, -0.05) is 20.8 Å². The van der Waals surface area contributed by atoms with Crippen molar-refractivity contribution in [2.75, 3.05) is 24.0 Å². The number of pyridine rings is 1. The quantitative estimate of drug-likeness (QED) is 0.796.